The third-order valence-electron chi connectivity index (χ3n) is 7.18. The predicted molar refractivity (Wildman–Crippen MR) is 126 cm³/mol. The lowest BCUT2D eigenvalue weighted by Crippen LogP contribution is -2.56. The topological polar surface area (TPSA) is 82.7 Å². The van der Waals surface area contributed by atoms with E-state index in [-0.39, 0.29) is 41.6 Å². The predicted octanol–water partition coefficient (Wildman–Crippen LogP) is 2.28. The molecule has 3 aliphatic heterocycles. The van der Waals surface area contributed by atoms with E-state index in [1.807, 2.05) is 16.7 Å². The molecule has 0 radical (unpaired) electrons. The highest BCUT2D eigenvalue weighted by atomic mass is 32.2. The summed E-state index contributed by atoms with van der Waals surface area (Å²) < 4.78 is 6.12. The second-order valence-corrected chi connectivity index (χ2v) is 10.9. The number of ether oxygens (including phenoxy) is 1. The quantitative estimate of drug-likeness (QED) is 0.604. The van der Waals surface area contributed by atoms with Gasteiger partial charge in [-0.2, -0.15) is 0 Å². The van der Waals surface area contributed by atoms with E-state index in [0.29, 0.717) is 19.6 Å². The van der Waals surface area contributed by atoms with E-state index in [2.05, 4.69) is 54.1 Å². The van der Waals surface area contributed by atoms with Crippen LogP contribution in [0.1, 0.15) is 51.6 Å². The number of thioether (sulfide) groups is 1. The molecule has 3 aliphatic rings. The van der Waals surface area contributed by atoms with Gasteiger partial charge in [-0.15, -0.1) is 11.8 Å². The molecule has 5 atom stereocenters. The number of carbonyl (C=O) groups excluding carboxylic acids is 2. The van der Waals surface area contributed by atoms with Crippen LogP contribution in [0.2, 0.25) is 0 Å². The summed E-state index contributed by atoms with van der Waals surface area (Å²) in [5.41, 5.74) is 1.26. The van der Waals surface area contributed by atoms with Crippen molar-refractivity contribution in [2.24, 2.45) is 5.41 Å². The van der Waals surface area contributed by atoms with E-state index in [4.69, 9.17) is 4.74 Å². The zero-order chi connectivity index (χ0) is 22.9. The monoisotopic (exact) mass is 460 g/mol. The van der Waals surface area contributed by atoms with Crippen molar-refractivity contribution < 1.29 is 14.3 Å². The second-order valence-electron chi connectivity index (χ2n) is 9.78. The van der Waals surface area contributed by atoms with Crippen molar-refractivity contribution >= 4 is 23.6 Å². The van der Waals surface area contributed by atoms with Crippen molar-refractivity contribution in [2.45, 2.75) is 75.3 Å². The molecule has 0 bridgehead atoms. The highest BCUT2D eigenvalue weighted by Gasteiger charge is 2.51. The Labute approximate surface area is 195 Å². The molecule has 3 heterocycles. The number of fused-ring (bicyclic) bond motifs is 2. The first kappa shape index (κ1) is 23.5. The Bertz CT molecular complexity index is 848. The molecule has 176 valence electrons. The summed E-state index contributed by atoms with van der Waals surface area (Å²) in [6.45, 7) is 7.39. The Morgan fingerprint density at radius 3 is 2.84 bits per heavy atom. The number of carbonyl (C=O) groups is 2. The maximum atomic E-state index is 13.6. The number of hydrogen-bond donors (Lipinski definition) is 3. The van der Waals surface area contributed by atoms with Gasteiger partial charge in [0.1, 0.15) is 12.3 Å². The summed E-state index contributed by atoms with van der Waals surface area (Å²) in [4.78, 5) is 29.3. The van der Waals surface area contributed by atoms with Gasteiger partial charge in [-0.3, -0.25) is 9.59 Å². The molecule has 8 heteroatoms. The van der Waals surface area contributed by atoms with Crippen molar-refractivity contribution in [1.29, 1.82) is 0 Å². The largest absolute Gasteiger partial charge is 0.358 e. The molecule has 0 spiro atoms. The molecule has 3 N–H and O–H groups in total. The standard InChI is InChI=1S/C24H36N4O3S/c1-15(25-4)22(29)27-18-9-11-31-21-13-24(2,3)20(28(21)23(18)30)14-26-17-10-12-32-19-8-6-5-7-16(17)19/h5-8,15,17-18,20-21,25-26H,9-14H2,1-4H3,(H,27,29)/t15?,17?,18-,20+,21-/m0/s1. The van der Waals surface area contributed by atoms with Crippen LogP contribution in [-0.4, -0.2) is 67.0 Å². The van der Waals surface area contributed by atoms with Crippen LogP contribution in [0.4, 0.5) is 0 Å². The van der Waals surface area contributed by atoms with Crippen LogP contribution in [0.3, 0.4) is 0 Å². The zero-order valence-corrected chi connectivity index (χ0v) is 20.3. The van der Waals surface area contributed by atoms with Crippen LogP contribution in [-0.2, 0) is 14.3 Å². The molecule has 2 amide bonds. The van der Waals surface area contributed by atoms with Crippen LogP contribution in [0, 0.1) is 5.41 Å². The van der Waals surface area contributed by atoms with Crippen molar-refractivity contribution in [2.75, 3.05) is 26.0 Å². The average molecular weight is 461 g/mol. The number of hydrogen-bond acceptors (Lipinski definition) is 6. The minimum absolute atomic E-state index is 0.000896. The zero-order valence-electron chi connectivity index (χ0n) is 19.5. The highest BCUT2D eigenvalue weighted by molar-refractivity contribution is 7.99. The maximum Gasteiger partial charge on any atom is 0.247 e. The Hall–Kier alpha value is -1.61. The summed E-state index contributed by atoms with van der Waals surface area (Å²) in [5.74, 6) is 0.907. The van der Waals surface area contributed by atoms with Gasteiger partial charge in [-0.1, -0.05) is 32.0 Å². The Morgan fingerprint density at radius 1 is 1.28 bits per heavy atom. The van der Waals surface area contributed by atoms with Crippen LogP contribution in [0.25, 0.3) is 0 Å². The van der Waals surface area contributed by atoms with E-state index < -0.39 is 6.04 Å². The molecule has 0 aliphatic carbocycles. The lowest BCUT2D eigenvalue weighted by Gasteiger charge is -2.36. The fourth-order valence-corrected chi connectivity index (χ4v) is 6.19. The normalized spacial score (nSPS) is 30.2. The third kappa shape index (κ3) is 4.69. The average Bonchev–Trinajstić information content (AvgIpc) is 2.95. The summed E-state index contributed by atoms with van der Waals surface area (Å²) in [5, 5.41) is 9.65. The van der Waals surface area contributed by atoms with Crippen LogP contribution >= 0.6 is 11.8 Å². The molecule has 2 fully saturated rings. The fourth-order valence-electron chi connectivity index (χ4n) is 5.07. The molecule has 1 aromatic rings. The fraction of sp³-hybridized carbons (Fsp3) is 0.667. The lowest BCUT2D eigenvalue weighted by molar-refractivity contribution is -0.144. The smallest absolute Gasteiger partial charge is 0.247 e. The Kier molecular flexibility index (Phi) is 7.14. The number of rotatable bonds is 6. The van der Waals surface area contributed by atoms with Gasteiger partial charge in [0.15, 0.2) is 0 Å². The minimum atomic E-state index is -0.550. The number of nitrogens with one attached hydrogen (secondary N) is 3. The minimum Gasteiger partial charge on any atom is -0.358 e. The number of benzene rings is 1. The molecule has 0 aromatic heterocycles. The lowest BCUT2D eigenvalue weighted by atomic mass is 9.84. The molecule has 1 aromatic carbocycles. The van der Waals surface area contributed by atoms with E-state index in [1.165, 1.54) is 10.5 Å². The van der Waals surface area contributed by atoms with Gasteiger partial charge in [0.25, 0.3) is 0 Å². The van der Waals surface area contributed by atoms with Crippen molar-refractivity contribution in [3.63, 3.8) is 0 Å². The van der Waals surface area contributed by atoms with Gasteiger partial charge < -0.3 is 25.6 Å². The van der Waals surface area contributed by atoms with Gasteiger partial charge in [0.2, 0.25) is 11.8 Å². The van der Waals surface area contributed by atoms with Gasteiger partial charge in [-0.25, -0.2) is 0 Å². The molecule has 7 nitrogen and oxygen atoms in total. The molecule has 32 heavy (non-hydrogen) atoms. The van der Waals surface area contributed by atoms with Crippen LogP contribution < -0.4 is 16.0 Å². The molecule has 2 saturated heterocycles. The molecule has 2 unspecified atom stereocenters. The van der Waals surface area contributed by atoms with E-state index >= 15 is 0 Å². The number of amides is 2. The Morgan fingerprint density at radius 2 is 2.06 bits per heavy atom. The van der Waals surface area contributed by atoms with Crippen molar-refractivity contribution in [3.8, 4) is 0 Å². The number of nitrogens with zero attached hydrogens (tertiary/aromatic N) is 1. The van der Waals surface area contributed by atoms with Crippen LogP contribution in [0.15, 0.2) is 29.2 Å². The third-order valence-corrected chi connectivity index (χ3v) is 8.30. The van der Waals surface area contributed by atoms with Gasteiger partial charge in [0.05, 0.1) is 18.7 Å². The second kappa shape index (κ2) is 9.71. The molecular weight excluding hydrogens is 424 g/mol. The molecular formula is C24H36N4O3S. The number of likely N-dealkylation sites (N-methyl/N-ethyl adjacent to an activating group) is 1. The SMILES string of the molecule is CNC(C)C(=O)N[C@H]1CCO[C@H]2CC(C)(C)[C@@H](CNC3CCSc4ccccc43)N2C1=O. The summed E-state index contributed by atoms with van der Waals surface area (Å²) >= 11 is 1.91. The summed E-state index contributed by atoms with van der Waals surface area (Å²) in [7, 11) is 1.74. The molecule has 0 saturated carbocycles. The van der Waals surface area contributed by atoms with Crippen molar-refractivity contribution in [1.82, 2.24) is 20.9 Å². The van der Waals surface area contributed by atoms with Crippen molar-refractivity contribution in [3.05, 3.63) is 29.8 Å². The first-order valence-corrected chi connectivity index (χ1v) is 12.7. The van der Waals surface area contributed by atoms with Gasteiger partial charge in [0, 0.05) is 23.9 Å². The summed E-state index contributed by atoms with van der Waals surface area (Å²) in [6, 6.07) is 7.98. The summed E-state index contributed by atoms with van der Waals surface area (Å²) in [6.07, 6.45) is 2.14. The molecule has 4 rings (SSSR count). The van der Waals surface area contributed by atoms with Gasteiger partial charge >= 0.3 is 0 Å². The van der Waals surface area contributed by atoms with Gasteiger partial charge in [-0.05, 0) is 49.6 Å². The Balaban J connectivity index is 1.50. The maximum absolute atomic E-state index is 13.6. The first-order valence-electron chi connectivity index (χ1n) is 11.7. The van der Waals surface area contributed by atoms with E-state index in [1.54, 1.807) is 14.0 Å². The van der Waals surface area contributed by atoms with E-state index in [9.17, 15) is 9.59 Å². The highest BCUT2D eigenvalue weighted by Crippen LogP contribution is 2.43. The van der Waals surface area contributed by atoms with Crippen LogP contribution in [0.5, 0.6) is 0 Å². The first-order chi connectivity index (χ1) is 15.3. The van der Waals surface area contributed by atoms with E-state index in [0.717, 1.165) is 18.6 Å².